The van der Waals surface area contributed by atoms with Crippen molar-refractivity contribution in [2.24, 2.45) is 0 Å². The fourth-order valence-corrected chi connectivity index (χ4v) is 3.65. The molecule has 144 valence electrons. The number of benzene rings is 2. The summed E-state index contributed by atoms with van der Waals surface area (Å²) in [6.07, 6.45) is 0.755. The highest BCUT2D eigenvalue weighted by atomic mass is 16.5. The molecule has 0 radical (unpaired) electrons. The summed E-state index contributed by atoms with van der Waals surface area (Å²) in [4.78, 5) is 14.5. The van der Waals surface area contributed by atoms with Crippen molar-refractivity contribution in [1.82, 2.24) is 10.00 Å². The number of H-pyrrole nitrogens is 1. The molecule has 6 nitrogen and oxygen atoms in total. The Kier molecular flexibility index (Phi) is 5.39. The van der Waals surface area contributed by atoms with Gasteiger partial charge < -0.3 is 14.7 Å². The predicted octanol–water partition coefficient (Wildman–Crippen LogP) is 1.93. The van der Waals surface area contributed by atoms with Crippen LogP contribution >= 0.6 is 0 Å². The summed E-state index contributed by atoms with van der Waals surface area (Å²) in [6.45, 7) is 1.75. The molecule has 0 spiro atoms. The van der Waals surface area contributed by atoms with E-state index in [1.54, 1.807) is 0 Å². The van der Waals surface area contributed by atoms with Gasteiger partial charge in [-0.1, -0.05) is 36.4 Å². The summed E-state index contributed by atoms with van der Waals surface area (Å²) in [6, 6.07) is 19.5. The lowest BCUT2D eigenvalue weighted by molar-refractivity contribution is -0.741. The Bertz CT molecular complexity index is 938. The number of nitrogens with one attached hydrogen (secondary N) is 1. The van der Waals surface area contributed by atoms with E-state index in [-0.39, 0.29) is 19.1 Å². The molecule has 0 unspecified atom stereocenters. The normalized spacial score (nSPS) is 13.2. The van der Waals surface area contributed by atoms with Gasteiger partial charge in [0.2, 0.25) is 5.69 Å². The lowest BCUT2D eigenvalue weighted by Crippen LogP contribution is -2.39. The van der Waals surface area contributed by atoms with Crippen LogP contribution in [0, 0.1) is 0 Å². The van der Waals surface area contributed by atoms with Gasteiger partial charge in [0, 0.05) is 18.5 Å². The third-order valence-corrected chi connectivity index (χ3v) is 5.00. The maximum atomic E-state index is 12.7. The number of ether oxygens (including phenoxy) is 1. The van der Waals surface area contributed by atoms with Gasteiger partial charge >= 0.3 is 0 Å². The summed E-state index contributed by atoms with van der Waals surface area (Å²) in [5.41, 5.74) is 4.34. The van der Waals surface area contributed by atoms with Crippen LogP contribution < -0.4 is 9.42 Å². The van der Waals surface area contributed by atoms with Crippen LogP contribution in [0.4, 0.5) is 0 Å². The van der Waals surface area contributed by atoms with Gasteiger partial charge in [-0.05, 0) is 24.3 Å². The number of rotatable bonds is 6. The largest absolute Gasteiger partial charge is 0.484 e. The van der Waals surface area contributed by atoms with Crippen molar-refractivity contribution in [1.29, 1.82) is 0 Å². The third-order valence-electron chi connectivity index (χ3n) is 5.00. The van der Waals surface area contributed by atoms with Crippen LogP contribution in [-0.2, 0) is 24.3 Å². The summed E-state index contributed by atoms with van der Waals surface area (Å²) in [5, 5.41) is 12.9. The highest BCUT2D eigenvalue weighted by Crippen LogP contribution is 2.27. The number of fused-ring (bicyclic) bond motifs is 1. The smallest absolute Gasteiger partial charge is 0.260 e. The fourth-order valence-electron chi connectivity index (χ4n) is 3.65. The molecule has 0 atom stereocenters. The van der Waals surface area contributed by atoms with E-state index < -0.39 is 0 Å². The molecule has 2 heterocycles. The molecule has 1 aliphatic heterocycles. The highest BCUT2D eigenvalue weighted by molar-refractivity contribution is 5.78. The number of hydrogen-bond acceptors (Lipinski definition) is 3. The first-order valence-electron chi connectivity index (χ1n) is 9.51. The average molecular weight is 378 g/mol. The van der Waals surface area contributed by atoms with E-state index in [2.05, 4.69) is 17.2 Å². The quantitative estimate of drug-likeness (QED) is 0.644. The Morgan fingerprint density at radius 3 is 2.54 bits per heavy atom. The first kappa shape index (κ1) is 18.3. The number of aromatic nitrogens is 2. The maximum absolute atomic E-state index is 12.7. The molecule has 2 aromatic carbocycles. The summed E-state index contributed by atoms with van der Waals surface area (Å²) >= 11 is 0. The van der Waals surface area contributed by atoms with E-state index in [4.69, 9.17) is 4.74 Å². The number of aliphatic hydroxyl groups excluding tert-OH is 1. The van der Waals surface area contributed by atoms with Gasteiger partial charge in [-0.25, -0.2) is 0 Å². The molecule has 0 saturated carbocycles. The van der Waals surface area contributed by atoms with Crippen LogP contribution in [-0.4, -0.2) is 40.8 Å². The second-order valence-electron chi connectivity index (χ2n) is 6.83. The molecule has 0 fully saturated rings. The lowest BCUT2D eigenvalue weighted by Gasteiger charge is -2.26. The summed E-state index contributed by atoms with van der Waals surface area (Å²) in [7, 11) is 0. The fraction of sp³-hybridized carbons (Fsp3) is 0.273. The Balaban J connectivity index is 1.55. The van der Waals surface area contributed by atoms with Crippen LogP contribution in [0.25, 0.3) is 11.3 Å². The minimum Gasteiger partial charge on any atom is -0.484 e. The van der Waals surface area contributed by atoms with Crippen LogP contribution in [0.2, 0.25) is 0 Å². The molecular weight excluding hydrogens is 354 g/mol. The summed E-state index contributed by atoms with van der Waals surface area (Å²) < 4.78 is 7.61. The molecule has 1 amide bonds. The molecule has 0 aliphatic carbocycles. The molecule has 6 heteroatoms. The Morgan fingerprint density at radius 2 is 1.82 bits per heavy atom. The second-order valence-corrected chi connectivity index (χ2v) is 6.83. The number of nitrogens with zero attached hydrogens (tertiary/aromatic N) is 2. The zero-order chi connectivity index (χ0) is 19.3. The van der Waals surface area contributed by atoms with Crippen molar-refractivity contribution >= 4 is 5.91 Å². The first-order chi connectivity index (χ1) is 13.8. The number of hydrogen-bond donors (Lipinski definition) is 2. The molecule has 0 bridgehead atoms. The number of carbonyl (C=O) groups excluding carboxylic acids is 1. The molecular formula is C22H24N3O3+. The Morgan fingerprint density at radius 1 is 1.11 bits per heavy atom. The van der Waals surface area contributed by atoms with Crippen LogP contribution in [0.15, 0.2) is 60.7 Å². The van der Waals surface area contributed by atoms with E-state index >= 15 is 0 Å². The number of aromatic amines is 1. The molecule has 2 N–H and O–H groups in total. The van der Waals surface area contributed by atoms with E-state index in [0.29, 0.717) is 25.4 Å². The van der Waals surface area contributed by atoms with E-state index in [0.717, 1.165) is 28.9 Å². The molecule has 4 rings (SSSR count). The van der Waals surface area contributed by atoms with Crippen molar-refractivity contribution in [2.45, 2.75) is 19.5 Å². The zero-order valence-electron chi connectivity index (χ0n) is 15.7. The predicted molar refractivity (Wildman–Crippen MR) is 105 cm³/mol. The van der Waals surface area contributed by atoms with Gasteiger partial charge in [0.05, 0.1) is 17.8 Å². The average Bonchev–Trinajstić information content (AvgIpc) is 3.11. The van der Waals surface area contributed by atoms with Crippen LogP contribution in [0.1, 0.15) is 11.3 Å². The second kappa shape index (κ2) is 8.27. The minimum absolute atomic E-state index is 0.0246. The first-order valence-corrected chi connectivity index (χ1v) is 9.51. The van der Waals surface area contributed by atoms with E-state index in [1.165, 1.54) is 0 Å². The van der Waals surface area contributed by atoms with E-state index in [1.807, 2.05) is 58.1 Å². The van der Waals surface area contributed by atoms with Gasteiger partial charge in [0.15, 0.2) is 13.2 Å². The molecule has 0 saturated heterocycles. The van der Waals surface area contributed by atoms with Gasteiger partial charge in [-0.2, -0.15) is 5.10 Å². The van der Waals surface area contributed by atoms with Gasteiger partial charge in [0.25, 0.3) is 5.91 Å². The number of aliphatic hydroxyl groups is 1. The lowest BCUT2D eigenvalue weighted by atomic mass is 10.0. The van der Waals surface area contributed by atoms with Crippen molar-refractivity contribution in [2.75, 3.05) is 19.8 Å². The molecule has 1 aromatic heterocycles. The topological polar surface area (TPSA) is 69.4 Å². The van der Waals surface area contributed by atoms with Gasteiger partial charge in [-0.3, -0.25) is 4.79 Å². The van der Waals surface area contributed by atoms with Crippen molar-refractivity contribution in [3.8, 4) is 17.0 Å². The zero-order valence-corrected chi connectivity index (χ0v) is 15.7. The van der Waals surface area contributed by atoms with Crippen LogP contribution in [0.5, 0.6) is 5.75 Å². The monoisotopic (exact) mass is 378 g/mol. The minimum atomic E-state index is -0.0246. The Hall–Kier alpha value is -3.12. The third kappa shape index (κ3) is 3.77. The number of para-hydroxylation sites is 1. The van der Waals surface area contributed by atoms with Crippen molar-refractivity contribution < 1.29 is 19.3 Å². The number of carbonyl (C=O) groups is 1. The van der Waals surface area contributed by atoms with Gasteiger partial charge in [0.1, 0.15) is 12.4 Å². The highest BCUT2D eigenvalue weighted by Gasteiger charge is 2.32. The molecule has 3 aromatic rings. The molecule has 28 heavy (non-hydrogen) atoms. The summed E-state index contributed by atoms with van der Waals surface area (Å²) in [5.74, 6) is 0.671. The Labute approximate surface area is 164 Å². The van der Waals surface area contributed by atoms with Crippen molar-refractivity contribution in [3.63, 3.8) is 0 Å². The van der Waals surface area contributed by atoms with Crippen LogP contribution in [0.3, 0.4) is 0 Å². The maximum Gasteiger partial charge on any atom is 0.260 e. The molecule has 1 aliphatic rings. The van der Waals surface area contributed by atoms with Gasteiger partial charge in [-0.15, -0.1) is 4.68 Å². The van der Waals surface area contributed by atoms with Crippen molar-refractivity contribution in [3.05, 3.63) is 71.9 Å². The SMILES string of the molecule is O=C(COc1ccccc1)N1CCc2[nH][n+](CCO)c(-c3ccccc3)c2C1. The van der Waals surface area contributed by atoms with E-state index in [9.17, 15) is 9.90 Å². The standard InChI is InChI=1S/C22H23N3O3/c26-14-13-25-22(17-7-3-1-4-8-17)19-15-24(12-11-20(19)23-25)21(27)16-28-18-9-5-2-6-10-18/h1-10,26H,11-16H2/p+1. The number of amides is 1.